The van der Waals surface area contributed by atoms with Crippen LogP contribution >= 0.6 is 12.4 Å². The number of halogens is 1. The average molecular weight is 525 g/mol. The highest BCUT2D eigenvalue weighted by Crippen LogP contribution is 2.35. The molecule has 1 amide bonds. The SMILES string of the molecule is COc1ccc2c(C3COC(CCCN(CC(N)=O)C4CCCc5ccccc54)OC3)cccc2c1.Cl. The molecule has 0 bridgehead atoms. The Morgan fingerprint density at radius 2 is 1.84 bits per heavy atom. The molecule has 1 atom stereocenters. The zero-order valence-electron chi connectivity index (χ0n) is 21.4. The van der Waals surface area contributed by atoms with Crippen molar-refractivity contribution in [3.63, 3.8) is 0 Å². The highest BCUT2D eigenvalue weighted by atomic mass is 35.5. The summed E-state index contributed by atoms with van der Waals surface area (Å²) in [6.45, 7) is 2.34. The number of carbonyl (C=O) groups excluding carboxylic acids is 1. The second-order valence-corrected chi connectivity index (χ2v) is 9.91. The largest absolute Gasteiger partial charge is 0.497 e. The minimum Gasteiger partial charge on any atom is -0.497 e. The van der Waals surface area contributed by atoms with Gasteiger partial charge in [-0.3, -0.25) is 9.69 Å². The van der Waals surface area contributed by atoms with Gasteiger partial charge in [-0.2, -0.15) is 0 Å². The van der Waals surface area contributed by atoms with E-state index in [2.05, 4.69) is 59.5 Å². The van der Waals surface area contributed by atoms with Gasteiger partial charge < -0.3 is 19.9 Å². The zero-order chi connectivity index (χ0) is 24.9. The zero-order valence-corrected chi connectivity index (χ0v) is 22.3. The van der Waals surface area contributed by atoms with E-state index in [9.17, 15) is 4.79 Å². The maximum atomic E-state index is 11.9. The number of methoxy groups -OCH3 is 1. The van der Waals surface area contributed by atoms with Gasteiger partial charge in [0.1, 0.15) is 5.75 Å². The molecule has 7 heteroatoms. The number of ether oxygens (including phenoxy) is 3. The fourth-order valence-corrected chi connectivity index (χ4v) is 5.77. The molecule has 0 radical (unpaired) electrons. The van der Waals surface area contributed by atoms with E-state index < -0.39 is 0 Å². The number of nitrogens with two attached hydrogens (primary N) is 1. The number of hydrogen-bond acceptors (Lipinski definition) is 5. The van der Waals surface area contributed by atoms with E-state index in [1.54, 1.807) is 7.11 Å². The van der Waals surface area contributed by atoms with Crippen molar-refractivity contribution < 1.29 is 19.0 Å². The van der Waals surface area contributed by atoms with Crippen LogP contribution in [-0.4, -0.2) is 50.5 Å². The van der Waals surface area contributed by atoms with Crippen molar-refractivity contribution in [3.05, 3.63) is 77.4 Å². The van der Waals surface area contributed by atoms with Gasteiger partial charge in [0.15, 0.2) is 6.29 Å². The highest BCUT2D eigenvalue weighted by molar-refractivity contribution is 5.87. The van der Waals surface area contributed by atoms with Crippen molar-refractivity contribution >= 4 is 29.1 Å². The molecule has 2 N–H and O–H groups in total. The van der Waals surface area contributed by atoms with Crippen LogP contribution in [-0.2, 0) is 20.7 Å². The third-order valence-electron chi connectivity index (χ3n) is 7.55. The lowest BCUT2D eigenvalue weighted by atomic mass is 9.86. The van der Waals surface area contributed by atoms with Gasteiger partial charge in [0, 0.05) is 12.0 Å². The summed E-state index contributed by atoms with van der Waals surface area (Å²) in [4.78, 5) is 14.1. The van der Waals surface area contributed by atoms with E-state index in [1.165, 1.54) is 22.1 Å². The molecule has 1 aliphatic carbocycles. The molecule has 2 aliphatic rings. The molecule has 1 aliphatic heterocycles. The van der Waals surface area contributed by atoms with E-state index in [0.717, 1.165) is 49.8 Å². The number of carbonyl (C=O) groups is 1. The van der Waals surface area contributed by atoms with E-state index in [1.807, 2.05) is 6.07 Å². The molecule has 0 spiro atoms. The summed E-state index contributed by atoms with van der Waals surface area (Å²) in [5.41, 5.74) is 9.60. The lowest BCUT2D eigenvalue weighted by Gasteiger charge is -2.36. The Morgan fingerprint density at radius 1 is 1.05 bits per heavy atom. The third kappa shape index (κ3) is 6.44. The standard InChI is InChI=1S/C30H36N2O4.ClH/c1-34-24-14-15-26-22(17-24)9-4-11-25(26)23-19-35-30(36-20-23)13-6-16-32(18-29(31)33)28-12-5-8-21-7-2-3-10-27(21)28;/h2-4,7,9-11,14-15,17,23,28,30H,5-6,8,12-13,16,18-20H2,1H3,(H2,31,33);1H. The first-order valence-electron chi connectivity index (χ1n) is 13.0. The molecule has 1 fully saturated rings. The van der Waals surface area contributed by atoms with Gasteiger partial charge in [-0.15, -0.1) is 12.4 Å². The Labute approximate surface area is 225 Å². The summed E-state index contributed by atoms with van der Waals surface area (Å²) < 4.78 is 17.7. The molecule has 6 nitrogen and oxygen atoms in total. The van der Waals surface area contributed by atoms with Crippen LogP contribution in [0.2, 0.25) is 0 Å². The molecular formula is C30H37ClN2O4. The van der Waals surface area contributed by atoms with Gasteiger partial charge in [-0.1, -0.05) is 48.5 Å². The summed E-state index contributed by atoms with van der Waals surface area (Å²) in [7, 11) is 1.69. The third-order valence-corrected chi connectivity index (χ3v) is 7.55. The number of amides is 1. The van der Waals surface area contributed by atoms with Gasteiger partial charge in [-0.25, -0.2) is 0 Å². The summed E-state index contributed by atoms with van der Waals surface area (Å²) in [6.07, 6.45) is 4.75. The van der Waals surface area contributed by atoms with E-state index >= 15 is 0 Å². The molecule has 37 heavy (non-hydrogen) atoms. The average Bonchev–Trinajstić information content (AvgIpc) is 2.91. The number of benzene rings is 3. The van der Waals surface area contributed by atoms with Crippen LogP contribution in [0.25, 0.3) is 10.8 Å². The minimum atomic E-state index is -0.279. The summed E-state index contributed by atoms with van der Waals surface area (Å²) in [6, 6.07) is 21.4. The summed E-state index contributed by atoms with van der Waals surface area (Å²) in [5.74, 6) is 0.778. The fraction of sp³-hybridized carbons (Fsp3) is 0.433. The Bertz CT molecular complexity index is 1200. The number of primary amides is 1. The van der Waals surface area contributed by atoms with Gasteiger partial charge >= 0.3 is 0 Å². The number of aryl methyl sites for hydroxylation is 1. The van der Waals surface area contributed by atoms with Gasteiger partial charge in [-0.05, 0) is 78.2 Å². The Kier molecular flexibility index (Phi) is 9.43. The first-order chi connectivity index (χ1) is 17.6. The van der Waals surface area contributed by atoms with Crippen LogP contribution in [0.4, 0.5) is 0 Å². The monoisotopic (exact) mass is 524 g/mol. The smallest absolute Gasteiger partial charge is 0.231 e. The predicted molar refractivity (Wildman–Crippen MR) is 148 cm³/mol. The van der Waals surface area contributed by atoms with Crippen molar-refractivity contribution in [2.24, 2.45) is 5.73 Å². The fourth-order valence-electron chi connectivity index (χ4n) is 5.77. The van der Waals surface area contributed by atoms with Gasteiger partial charge in [0.25, 0.3) is 0 Å². The van der Waals surface area contributed by atoms with Crippen LogP contribution in [0.5, 0.6) is 5.75 Å². The maximum absolute atomic E-state index is 11.9. The summed E-state index contributed by atoms with van der Waals surface area (Å²) in [5, 5.41) is 2.37. The second kappa shape index (κ2) is 12.7. The Balaban J connectivity index is 0.00000320. The lowest BCUT2D eigenvalue weighted by Crippen LogP contribution is -2.39. The number of nitrogens with zero attached hydrogens (tertiary/aromatic N) is 1. The molecule has 5 rings (SSSR count). The summed E-state index contributed by atoms with van der Waals surface area (Å²) >= 11 is 0. The maximum Gasteiger partial charge on any atom is 0.231 e. The molecule has 1 heterocycles. The number of fused-ring (bicyclic) bond motifs is 2. The van der Waals surface area contributed by atoms with Gasteiger partial charge in [0.2, 0.25) is 5.91 Å². The Morgan fingerprint density at radius 3 is 2.62 bits per heavy atom. The quantitative estimate of drug-likeness (QED) is 0.407. The predicted octanol–water partition coefficient (Wildman–Crippen LogP) is 5.37. The van der Waals surface area contributed by atoms with E-state index in [4.69, 9.17) is 19.9 Å². The normalized spacial score (nSPS) is 21.3. The van der Waals surface area contributed by atoms with Crippen molar-refractivity contribution in [1.82, 2.24) is 4.90 Å². The Hall–Kier alpha value is -2.64. The second-order valence-electron chi connectivity index (χ2n) is 9.91. The first kappa shape index (κ1) is 27.4. The van der Waals surface area contributed by atoms with Crippen LogP contribution < -0.4 is 10.5 Å². The first-order valence-corrected chi connectivity index (χ1v) is 13.0. The molecule has 0 aromatic heterocycles. The molecule has 3 aromatic rings. The van der Waals surface area contributed by atoms with Crippen molar-refractivity contribution in [1.29, 1.82) is 0 Å². The van der Waals surface area contributed by atoms with E-state index in [-0.39, 0.29) is 43.1 Å². The van der Waals surface area contributed by atoms with Crippen molar-refractivity contribution in [2.75, 3.05) is 33.4 Å². The molecule has 1 saturated heterocycles. The molecule has 198 valence electrons. The van der Waals surface area contributed by atoms with Gasteiger partial charge in [0.05, 0.1) is 26.9 Å². The molecule has 0 saturated carbocycles. The lowest BCUT2D eigenvalue weighted by molar-refractivity contribution is -0.190. The van der Waals surface area contributed by atoms with Crippen molar-refractivity contribution in [3.8, 4) is 5.75 Å². The molecule has 3 aromatic carbocycles. The van der Waals surface area contributed by atoms with Crippen LogP contribution in [0.1, 0.15) is 54.3 Å². The van der Waals surface area contributed by atoms with Crippen LogP contribution in [0.3, 0.4) is 0 Å². The molecular weight excluding hydrogens is 488 g/mol. The van der Waals surface area contributed by atoms with Crippen molar-refractivity contribution in [2.45, 2.75) is 50.4 Å². The molecule has 1 unspecified atom stereocenters. The highest BCUT2D eigenvalue weighted by Gasteiger charge is 2.28. The topological polar surface area (TPSA) is 74.0 Å². The number of rotatable bonds is 9. The van der Waals surface area contributed by atoms with Crippen LogP contribution in [0.15, 0.2) is 60.7 Å². The van der Waals surface area contributed by atoms with Crippen LogP contribution in [0, 0.1) is 0 Å². The van der Waals surface area contributed by atoms with E-state index in [0.29, 0.717) is 13.2 Å². The number of hydrogen-bond donors (Lipinski definition) is 1. The minimum absolute atomic E-state index is 0.